The fourth-order valence-corrected chi connectivity index (χ4v) is 5.25. The Balaban J connectivity index is 1.79. The molecule has 2 heterocycles. The first-order valence-electron chi connectivity index (χ1n) is 11.6. The number of anilines is 1. The summed E-state index contributed by atoms with van der Waals surface area (Å²) in [5.41, 5.74) is 8.95. The molecule has 10 heteroatoms. The monoisotopic (exact) mass is 535 g/mol. The summed E-state index contributed by atoms with van der Waals surface area (Å²) in [7, 11) is -2.74. The van der Waals surface area contributed by atoms with Gasteiger partial charge in [0.15, 0.2) is 22.4 Å². The molecule has 0 spiro atoms. The molecule has 38 heavy (non-hydrogen) atoms. The van der Waals surface area contributed by atoms with Crippen molar-refractivity contribution in [1.29, 1.82) is 0 Å². The number of ether oxygens (including phenoxy) is 2. The molecule has 2 aromatic heterocycles. The lowest BCUT2D eigenvalue weighted by molar-refractivity contribution is 0.101. The molecule has 2 aromatic carbocycles. The molecule has 4 aromatic rings. The van der Waals surface area contributed by atoms with Crippen molar-refractivity contribution >= 4 is 21.4 Å². The third kappa shape index (κ3) is 5.65. The largest absolute Gasteiger partial charge is 0.494 e. The van der Waals surface area contributed by atoms with Crippen LogP contribution >= 0.6 is 0 Å². The van der Waals surface area contributed by atoms with Gasteiger partial charge >= 0.3 is 0 Å². The van der Waals surface area contributed by atoms with Gasteiger partial charge in [0.05, 0.1) is 18.4 Å². The van der Waals surface area contributed by atoms with Gasteiger partial charge < -0.3 is 15.2 Å². The molecule has 0 saturated heterocycles. The minimum absolute atomic E-state index is 0.0191. The fourth-order valence-electron chi connectivity index (χ4n) is 4.07. The molecule has 196 valence electrons. The molecule has 0 saturated carbocycles. The highest BCUT2D eigenvalue weighted by atomic mass is 32.2. The number of halogens is 1. The van der Waals surface area contributed by atoms with Gasteiger partial charge in [0.1, 0.15) is 17.3 Å². The number of carbonyl (C=O) groups excluding carboxylic acids is 1. The summed E-state index contributed by atoms with van der Waals surface area (Å²) >= 11 is 0. The highest BCUT2D eigenvalue weighted by molar-refractivity contribution is 7.92. The fraction of sp³-hybridized carbons (Fsp3) is 0.179. The molecule has 8 nitrogen and oxygen atoms in total. The van der Waals surface area contributed by atoms with E-state index in [1.165, 1.54) is 49.6 Å². The molecule has 0 aliphatic carbocycles. The Morgan fingerprint density at radius 2 is 1.68 bits per heavy atom. The van der Waals surface area contributed by atoms with E-state index in [1.54, 1.807) is 6.07 Å². The number of hydrogen-bond acceptors (Lipinski definition) is 8. The van der Waals surface area contributed by atoms with Crippen molar-refractivity contribution in [2.24, 2.45) is 0 Å². The summed E-state index contributed by atoms with van der Waals surface area (Å²) in [5.74, 6) is -1.73. The summed E-state index contributed by atoms with van der Waals surface area (Å²) in [6, 6.07) is 15.3. The van der Waals surface area contributed by atoms with E-state index in [9.17, 15) is 17.6 Å². The lowest BCUT2D eigenvalue weighted by atomic mass is 10.1. The van der Waals surface area contributed by atoms with Crippen molar-refractivity contribution in [2.75, 3.05) is 18.6 Å². The minimum atomic E-state index is -4.10. The van der Waals surface area contributed by atoms with Gasteiger partial charge in [0, 0.05) is 5.56 Å². The van der Waals surface area contributed by atoms with Gasteiger partial charge in [-0.05, 0) is 74.4 Å². The van der Waals surface area contributed by atoms with Crippen molar-refractivity contribution in [3.8, 4) is 28.6 Å². The number of nitrogens with zero attached hydrogens (tertiary/aromatic N) is 2. The highest BCUT2D eigenvalue weighted by Gasteiger charge is 2.26. The Kier molecular flexibility index (Phi) is 7.45. The average Bonchev–Trinajstić information content (AvgIpc) is 2.85. The summed E-state index contributed by atoms with van der Waals surface area (Å²) < 4.78 is 51.3. The van der Waals surface area contributed by atoms with Crippen LogP contribution in [0.1, 0.15) is 27.0 Å². The Morgan fingerprint density at radius 1 is 0.974 bits per heavy atom. The van der Waals surface area contributed by atoms with Crippen LogP contribution < -0.4 is 15.2 Å². The van der Waals surface area contributed by atoms with Crippen LogP contribution in [0.2, 0.25) is 0 Å². The molecule has 0 atom stereocenters. The topological polar surface area (TPSA) is 121 Å². The van der Waals surface area contributed by atoms with Crippen LogP contribution in [0.5, 0.6) is 17.4 Å². The lowest BCUT2D eigenvalue weighted by Gasteiger charge is -2.16. The maximum absolute atomic E-state index is 14.4. The molecule has 0 radical (unpaired) electrons. The summed E-state index contributed by atoms with van der Waals surface area (Å²) in [5, 5.41) is -0.308. The van der Waals surface area contributed by atoms with Crippen LogP contribution in [0, 0.1) is 26.6 Å². The molecular weight excluding hydrogens is 509 g/mol. The first-order valence-corrected chi connectivity index (χ1v) is 13.2. The van der Waals surface area contributed by atoms with E-state index in [0.717, 1.165) is 16.7 Å². The molecule has 0 amide bonds. The average molecular weight is 536 g/mol. The number of carbonyl (C=O) groups is 1. The zero-order valence-corrected chi connectivity index (χ0v) is 22.1. The number of rotatable bonds is 8. The van der Waals surface area contributed by atoms with Gasteiger partial charge in [-0.2, -0.15) is 0 Å². The van der Waals surface area contributed by atoms with Crippen LogP contribution in [0.15, 0.2) is 65.7 Å². The number of ketones is 1. The summed E-state index contributed by atoms with van der Waals surface area (Å²) in [6.45, 7) is 5.66. The van der Waals surface area contributed by atoms with Crippen LogP contribution in [-0.2, 0) is 9.84 Å². The zero-order chi connectivity index (χ0) is 27.6. The summed E-state index contributed by atoms with van der Waals surface area (Å²) in [6.07, 6.45) is 0. The lowest BCUT2D eigenvalue weighted by Crippen LogP contribution is -2.19. The van der Waals surface area contributed by atoms with Crippen molar-refractivity contribution in [3.63, 3.8) is 0 Å². The van der Waals surface area contributed by atoms with Gasteiger partial charge in [-0.1, -0.05) is 23.8 Å². The van der Waals surface area contributed by atoms with E-state index in [2.05, 4.69) is 9.97 Å². The van der Waals surface area contributed by atoms with Crippen molar-refractivity contribution < 1.29 is 27.1 Å². The quantitative estimate of drug-likeness (QED) is 0.304. The first kappa shape index (κ1) is 26.7. The number of sulfone groups is 1. The maximum Gasteiger partial charge on any atom is 0.230 e. The highest BCUT2D eigenvalue weighted by Crippen LogP contribution is 2.33. The standard InChI is InChI=1S/C28H26FN3O5S/c1-16-12-17(2)27(18(3)13-16)37-28-20(23(33)15-38(34,35)26-7-5-6-25(30)32-26)9-10-22(31-28)19-8-11-24(36-4)21(29)14-19/h5-14H,15H2,1-4H3,(H2,30,32). The third-order valence-electron chi connectivity index (χ3n) is 5.80. The Bertz CT molecular complexity index is 1630. The van der Waals surface area contributed by atoms with E-state index >= 15 is 0 Å². The van der Waals surface area contributed by atoms with Gasteiger partial charge in [-0.3, -0.25) is 4.79 Å². The molecule has 0 aliphatic heterocycles. The number of benzene rings is 2. The Hall–Kier alpha value is -4.31. The van der Waals surface area contributed by atoms with Crippen LogP contribution in [0.25, 0.3) is 11.3 Å². The molecule has 0 fully saturated rings. The Morgan fingerprint density at radius 3 is 2.32 bits per heavy atom. The number of aryl methyl sites for hydroxylation is 3. The maximum atomic E-state index is 14.4. The number of aromatic nitrogens is 2. The predicted molar refractivity (Wildman–Crippen MR) is 142 cm³/mol. The smallest absolute Gasteiger partial charge is 0.230 e. The van der Waals surface area contributed by atoms with Crippen LogP contribution in [0.3, 0.4) is 0 Å². The number of hydrogen-bond donors (Lipinski definition) is 1. The number of Topliss-reactive ketones (excluding diaryl/α,β-unsaturated/α-hetero) is 1. The SMILES string of the molecule is COc1ccc(-c2ccc(C(=O)CS(=O)(=O)c3cccc(N)n3)c(Oc3c(C)cc(C)cc3C)n2)cc1F. The Labute approximate surface area is 220 Å². The van der Waals surface area contributed by atoms with Crippen molar-refractivity contribution in [3.05, 3.63) is 88.7 Å². The second-order valence-corrected chi connectivity index (χ2v) is 10.7. The molecule has 0 unspecified atom stereocenters. The van der Waals surface area contributed by atoms with Crippen LogP contribution in [-0.4, -0.2) is 37.0 Å². The van der Waals surface area contributed by atoms with Gasteiger partial charge in [-0.25, -0.2) is 22.8 Å². The van der Waals surface area contributed by atoms with Crippen molar-refractivity contribution in [2.45, 2.75) is 25.8 Å². The molecule has 4 rings (SSSR count). The minimum Gasteiger partial charge on any atom is -0.494 e. The zero-order valence-electron chi connectivity index (χ0n) is 21.3. The van der Waals surface area contributed by atoms with Crippen LogP contribution in [0.4, 0.5) is 10.2 Å². The number of nitrogen functional groups attached to an aromatic ring is 1. The second-order valence-electron chi connectivity index (χ2n) is 8.81. The number of pyridine rings is 2. The van der Waals surface area contributed by atoms with Gasteiger partial charge in [0.25, 0.3) is 0 Å². The normalized spacial score (nSPS) is 11.3. The molecule has 2 N–H and O–H groups in total. The van der Waals surface area contributed by atoms with Gasteiger partial charge in [-0.15, -0.1) is 0 Å². The second kappa shape index (κ2) is 10.6. The first-order chi connectivity index (χ1) is 18.0. The van der Waals surface area contributed by atoms with Crippen molar-refractivity contribution in [1.82, 2.24) is 9.97 Å². The van der Waals surface area contributed by atoms with E-state index in [-0.39, 0.29) is 28.0 Å². The molecule has 0 aliphatic rings. The van der Waals surface area contributed by atoms with Gasteiger partial charge in [0.2, 0.25) is 15.7 Å². The van der Waals surface area contributed by atoms with E-state index < -0.39 is 27.2 Å². The number of nitrogens with two attached hydrogens (primary N) is 1. The molecule has 0 bridgehead atoms. The third-order valence-corrected chi connectivity index (χ3v) is 7.30. The van der Waals surface area contributed by atoms with E-state index in [4.69, 9.17) is 15.2 Å². The number of methoxy groups -OCH3 is 1. The summed E-state index contributed by atoms with van der Waals surface area (Å²) in [4.78, 5) is 21.6. The van der Waals surface area contributed by atoms with E-state index in [1.807, 2.05) is 32.9 Å². The predicted octanol–water partition coefficient (Wildman–Crippen LogP) is 5.25. The van der Waals surface area contributed by atoms with E-state index in [0.29, 0.717) is 17.0 Å². The molecular formula is C28H26FN3O5S.